The molecule has 2 aliphatic rings. The van der Waals surface area contributed by atoms with Crippen LogP contribution in [-0.4, -0.2) is 137 Å². The summed E-state index contributed by atoms with van der Waals surface area (Å²) in [5, 5.41) is 27.4. The third-order valence-corrected chi connectivity index (χ3v) is 15.1. The number of nitrogens with zero attached hydrogens (tertiary/aromatic N) is 7. The first kappa shape index (κ1) is 51.6. The van der Waals surface area contributed by atoms with Crippen LogP contribution in [0, 0.1) is 12.3 Å². The molecule has 5 N–H and O–H groups in total. The van der Waals surface area contributed by atoms with Crippen molar-refractivity contribution in [2.75, 3.05) is 62.3 Å². The summed E-state index contributed by atoms with van der Waals surface area (Å²) in [5.74, 6) is -0.726. The summed E-state index contributed by atoms with van der Waals surface area (Å²) in [6.07, 6.45) is 1.67. The number of aliphatic hydroxyl groups is 1. The maximum Gasteiger partial charge on any atom is 0.247 e. The first-order chi connectivity index (χ1) is 34.4. The number of hydrogen-bond acceptors (Lipinski definition) is 14. The fourth-order valence-corrected chi connectivity index (χ4v) is 10.5. The van der Waals surface area contributed by atoms with Gasteiger partial charge < -0.3 is 36.2 Å². The number of aromatic nitrogens is 4. The number of β-amino-alcohol motifs (C(OH)–C–C–N with tert-alkyl or cyclic N) is 1. The predicted molar refractivity (Wildman–Crippen MR) is 278 cm³/mol. The van der Waals surface area contributed by atoms with Gasteiger partial charge in [0.15, 0.2) is 15.5 Å². The molecule has 0 saturated carbocycles. The zero-order valence-corrected chi connectivity index (χ0v) is 42.9. The monoisotopic (exact) mass is 1020 g/mol. The minimum Gasteiger partial charge on any atom is -0.391 e. The van der Waals surface area contributed by atoms with Crippen molar-refractivity contribution < 1.29 is 32.7 Å². The number of rotatable bonds is 18. The Morgan fingerprint density at radius 1 is 0.861 bits per heavy atom. The first-order valence-corrected chi connectivity index (χ1v) is 27.0. The van der Waals surface area contributed by atoms with Crippen LogP contribution in [0.3, 0.4) is 0 Å². The van der Waals surface area contributed by atoms with Crippen molar-refractivity contribution in [3.05, 3.63) is 108 Å². The van der Waals surface area contributed by atoms with Crippen LogP contribution in [0.4, 0.5) is 17.3 Å². The third-order valence-electron chi connectivity index (χ3n) is 13.0. The van der Waals surface area contributed by atoms with E-state index in [1.54, 1.807) is 40.1 Å². The van der Waals surface area contributed by atoms with Gasteiger partial charge in [0.1, 0.15) is 12.1 Å². The molecule has 18 nitrogen and oxygen atoms in total. The van der Waals surface area contributed by atoms with Crippen LogP contribution in [-0.2, 0) is 35.6 Å². The number of carbonyl (C=O) groups is 4. The number of hydrogen-bond donors (Lipinski definition) is 5. The summed E-state index contributed by atoms with van der Waals surface area (Å²) in [6.45, 7) is 11.4. The van der Waals surface area contributed by atoms with Gasteiger partial charge in [-0.2, -0.15) is 4.98 Å². The fourth-order valence-electron chi connectivity index (χ4n) is 9.01. The molecule has 0 spiro atoms. The molecular formula is C52H63N11O7S2. The van der Waals surface area contributed by atoms with E-state index in [0.717, 1.165) is 70.5 Å². The number of pyridine rings is 1. The number of anilines is 3. The van der Waals surface area contributed by atoms with E-state index in [2.05, 4.69) is 46.1 Å². The minimum absolute atomic E-state index is 0.00523. The Balaban J connectivity index is 0.732. The number of benzene rings is 3. The Bertz CT molecular complexity index is 2980. The van der Waals surface area contributed by atoms with E-state index in [-0.39, 0.29) is 55.1 Å². The van der Waals surface area contributed by atoms with Crippen LogP contribution in [0.25, 0.3) is 27.3 Å². The zero-order chi connectivity index (χ0) is 51.2. The molecule has 4 amide bonds. The number of amides is 4. The van der Waals surface area contributed by atoms with E-state index < -0.39 is 39.3 Å². The molecule has 2 fully saturated rings. The maximum atomic E-state index is 14.0. The second-order valence-corrected chi connectivity index (χ2v) is 22.5. The van der Waals surface area contributed by atoms with Crippen molar-refractivity contribution in [1.82, 2.24) is 45.3 Å². The van der Waals surface area contributed by atoms with Gasteiger partial charge in [-0.25, -0.2) is 17.9 Å². The number of aliphatic hydroxyl groups excluding tert-OH is 1. The molecule has 3 aromatic heterocycles. The largest absolute Gasteiger partial charge is 0.391 e. The molecule has 380 valence electrons. The van der Waals surface area contributed by atoms with E-state index in [9.17, 15) is 32.7 Å². The number of fused-ring (bicyclic) bond motifs is 1. The Labute approximate surface area is 424 Å². The summed E-state index contributed by atoms with van der Waals surface area (Å²) < 4.78 is 25.6. The van der Waals surface area contributed by atoms with Crippen molar-refractivity contribution in [3.8, 4) is 21.7 Å². The van der Waals surface area contributed by atoms with E-state index in [0.29, 0.717) is 31.0 Å². The molecule has 8 rings (SSSR count). The molecule has 20 heteroatoms. The van der Waals surface area contributed by atoms with Crippen LogP contribution in [0.1, 0.15) is 57.7 Å². The average Bonchev–Trinajstić information content (AvgIpc) is 4.10. The SMILES string of the molecule is Cc1ncsc1-c1ccc(CNC(=O)[C@@H]2C[C@@H](O)CN2C(=O)[C@@H](NC(=O)CCCCNC(=O)CN2CCN(c3ccc(Nc4nc5cccc(-c6ccc(S(C)(=O)=O)cc6)n5n4)cc3)CC2)C(C)(C)C)cc1. The lowest BCUT2D eigenvalue weighted by Gasteiger charge is -2.35. The lowest BCUT2D eigenvalue weighted by molar-refractivity contribution is -0.144. The molecule has 3 aromatic carbocycles. The van der Waals surface area contributed by atoms with Crippen LogP contribution in [0.5, 0.6) is 0 Å². The van der Waals surface area contributed by atoms with Gasteiger partial charge in [0.05, 0.1) is 39.3 Å². The Hall–Kier alpha value is -6.74. The normalized spacial score (nSPS) is 16.9. The molecule has 6 aromatic rings. The van der Waals surface area contributed by atoms with Crippen LogP contribution >= 0.6 is 11.3 Å². The van der Waals surface area contributed by atoms with Crippen LogP contribution < -0.4 is 26.2 Å². The Kier molecular flexibility index (Phi) is 16.0. The highest BCUT2D eigenvalue weighted by Gasteiger charge is 2.44. The highest BCUT2D eigenvalue weighted by Crippen LogP contribution is 2.30. The number of likely N-dealkylation sites (tertiary alicyclic amines) is 1. The molecule has 0 bridgehead atoms. The number of sulfone groups is 1. The van der Waals surface area contributed by atoms with Crippen molar-refractivity contribution in [3.63, 3.8) is 0 Å². The summed E-state index contributed by atoms with van der Waals surface area (Å²) in [6, 6.07) is 26.5. The zero-order valence-electron chi connectivity index (χ0n) is 41.3. The lowest BCUT2D eigenvalue weighted by Crippen LogP contribution is -2.57. The summed E-state index contributed by atoms with van der Waals surface area (Å²) >= 11 is 1.57. The van der Waals surface area contributed by atoms with E-state index in [4.69, 9.17) is 0 Å². The smallest absolute Gasteiger partial charge is 0.247 e. The highest BCUT2D eigenvalue weighted by molar-refractivity contribution is 7.90. The van der Waals surface area contributed by atoms with Gasteiger partial charge >= 0.3 is 0 Å². The number of unbranched alkanes of at least 4 members (excludes halogenated alkanes) is 1. The average molecular weight is 1020 g/mol. The van der Waals surface area contributed by atoms with Gasteiger partial charge in [-0.3, -0.25) is 24.1 Å². The topological polar surface area (TPSA) is 224 Å². The minimum atomic E-state index is -3.31. The number of nitrogens with one attached hydrogen (secondary N) is 4. The van der Waals surface area contributed by atoms with Gasteiger partial charge in [0, 0.05) is 81.8 Å². The van der Waals surface area contributed by atoms with E-state index in [1.807, 2.05) is 99.9 Å². The van der Waals surface area contributed by atoms with Crippen molar-refractivity contribution in [2.45, 2.75) is 83.0 Å². The van der Waals surface area contributed by atoms with Crippen molar-refractivity contribution in [1.29, 1.82) is 0 Å². The summed E-state index contributed by atoms with van der Waals surface area (Å²) in [4.78, 5) is 69.7. The second kappa shape index (κ2) is 22.4. The Morgan fingerprint density at radius 3 is 2.24 bits per heavy atom. The van der Waals surface area contributed by atoms with Gasteiger partial charge in [0.25, 0.3) is 0 Å². The fraction of sp³-hybridized carbons (Fsp3) is 0.404. The molecule has 0 aliphatic carbocycles. The van der Waals surface area contributed by atoms with Gasteiger partial charge in [-0.1, -0.05) is 63.2 Å². The molecule has 5 heterocycles. The van der Waals surface area contributed by atoms with Gasteiger partial charge in [-0.05, 0) is 84.8 Å². The first-order valence-electron chi connectivity index (χ1n) is 24.2. The predicted octanol–water partition coefficient (Wildman–Crippen LogP) is 5.19. The highest BCUT2D eigenvalue weighted by atomic mass is 32.2. The molecule has 2 saturated heterocycles. The quantitative estimate of drug-likeness (QED) is 0.0701. The van der Waals surface area contributed by atoms with Crippen LogP contribution in [0.2, 0.25) is 0 Å². The second-order valence-electron chi connectivity index (χ2n) is 19.6. The molecule has 72 heavy (non-hydrogen) atoms. The molecule has 2 aliphatic heterocycles. The third kappa shape index (κ3) is 12.8. The molecule has 3 atom stereocenters. The van der Waals surface area contributed by atoms with Gasteiger partial charge in [-0.15, -0.1) is 16.4 Å². The summed E-state index contributed by atoms with van der Waals surface area (Å²) in [5.41, 5.74) is 8.16. The Morgan fingerprint density at radius 2 is 1.57 bits per heavy atom. The molecular weight excluding hydrogens is 955 g/mol. The van der Waals surface area contributed by atoms with E-state index in [1.165, 1.54) is 11.2 Å². The van der Waals surface area contributed by atoms with Crippen molar-refractivity contribution in [2.24, 2.45) is 5.41 Å². The summed E-state index contributed by atoms with van der Waals surface area (Å²) in [7, 11) is -3.31. The number of thiazole rings is 1. The standard InChI is InChI=1S/C52H63N11O7S2/c1-34-47(71-33-55-34)37-14-12-35(13-15-37)30-54-49(67)43-29-40(64)31-62(43)50(68)48(52(2,3)4)58-45(65)11-6-7-24-53-46(66)32-60-25-27-61(28-26-60)39-20-18-38(19-21-39)56-51-57-44-10-8-9-42(63(44)59-51)36-16-22-41(23-17-36)72(5,69)70/h8-10,12-23,33,40,43,48,64H,6-7,11,24-32H2,1-5H3,(H,53,66)(H,54,67)(H,56,59)(H,58,65)/t40-,43+,48-/m1/s1. The number of piperazine rings is 1. The van der Waals surface area contributed by atoms with Gasteiger partial charge in [0.2, 0.25) is 29.6 Å². The molecule has 0 radical (unpaired) electrons. The number of aryl methyl sites for hydroxylation is 1. The molecule has 0 unspecified atom stereocenters. The van der Waals surface area contributed by atoms with Crippen molar-refractivity contribution >= 4 is 67.8 Å². The van der Waals surface area contributed by atoms with E-state index >= 15 is 0 Å². The number of carbonyl (C=O) groups excluding carboxylic acids is 4. The van der Waals surface area contributed by atoms with Crippen LogP contribution in [0.15, 0.2) is 101 Å². The lowest BCUT2D eigenvalue weighted by atomic mass is 9.85. The maximum absolute atomic E-state index is 14.0.